The SMILES string of the molecule is C=CC(=O)[O-].[Fe].[Na+]. The van der Waals surface area contributed by atoms with Crippen LogP contribution in [0.2, 0.25) is 0 Å². The summed E-state index contributed by atoms with van der Waals surface area (Å²) < 4.78 is 0. The summed E-state index contributed by atoms with van der Waals surface area (Å²) in [5.74, 6) is -1.23. The van der Waals surface area contributed by atoms with E-state index in [-0.39, 0.29) is 46.6 Å². The van der Waals surface area contributed by atoms with Crippen molar-refractivity contribution < 1.29 is 56.5 Å². The average Bonchev–Trinajstić information content (AvgIpc) is 1.38. The first-order chi connectivity index (χ1) is 2.27. The Morgan fingerprint density at radius 2 is 1.86 bits per heavy atom. The van der Waals surface area contributed by atoms with Crippen molar-refractivity contribution in [2.24, 2.45) is 0 Å². The van der Waals surface area contributed by atoms with Crippen LogP contribution in [0.3, 0.4) is 0 Å². The van der Waals surface area contributed by atoms with Crippen LogP contribution in [-0.4, -0.2) is 5.97 Å². The molecule has 0 fully saturated rings. The first-order valence-corrected chi connectivity index (χ1v) is 1.11. The maximum Gasteiger partial charge on any atom is 1.00 e. The molecule has 36 valence electrons. The van der Waals surface area contributed by atoms with E-state index in [0.717, 1.165) is 6.08 Å². The van der Waals surface area contributed by atoms with Crippen LogP contribution in [0.1, 0.15) is 0 Å². The van der Waals surface area contributed by atoms with E-state index in [1.54, 1.807) is 0 Å². The van der Waals surface area contributed by atoms with Crippen LogP contribution in [0.15, 0.2) is 12.7 Å². The largest absolute Gasteiger partial charge is 1.00 e. The van der Waals surface area contributed by atoms with Gasteiger partial charge in [0.15, 0.2) is 0 Å². The fraction of sp³-hybridized carbons (Fsp3) is 0. The monoisotopic (exact) mass is 150 g/mol. The second kappa shape index (κ2) is 9.88. The van der Waals surface area contributed by atoms with Crippen LogP contribution >= 0.6 is 0 Å². The zero-order chi connectivity index (χ0) is 4.28. The van der Waals surface area contributed by atoms with Crippen molar-refractivity contribution in [3.63, 3.8) is 0 Å². The molecular formula is C3H3FeNaO2. The molecule has 0 N–H and O–H groups in total. The van der Waals surface area contributed by atoms with Crippen molar-refractivity contribution in [3.05, 3.63) is 12.7 Å². The summed E-state index contributed by atoms with van der Waals surface area (Å²) in [4.78, 5) is 9.14. The number of carbonyl (C=O) groups is 1. The molecule has 0 aliphatic heterocycles. The number of hydrogen-bond donors (Lipinski definition) is 0. The number of aliphatic carboxylic acids is 1. The average molecular weight is 150 g/mol. The first-order valence-electron chi connectivity index (χ1n) is 1.11. The summed E-state index contributed by atoms with van der Waals surface area (Å²) >= 11 is 0. The molecule has 0 bridgehead atoms. The molecule has 0 radical (unpaired) electrons. The fourth-order valence-electron chi connectivity index (χ4n) is 0. The second-order valence-electron chi connectivity index (χ2n) is 0.523. The van der Waals surface area contributed by atoms with Gasteiger partial charge in [-0.15, -0.1) is 0 Å². The van der Waals surface area contributed by atoms with E-state index >= 15 is 0 Å². The quantitative estimate of drug-likeness (QED) is 0.281. The molecule has 0 heterocycles. The third-order valence-corrected chi connectivity index (χ3v) is 0.167. The maximum atomic E-state index is 9.14. The minimum absolute atomic E-state index is 0. The Balaban J connectivity index is -0.0000000800. The molecular weight excluding hydrogens is 147 g/mol. The molecule has 0 spiro atoms. The summed E-state index contributed by atoms with van der Waals surface area (Å²) in [6.45, 7) is 2.90. The van der Waals surface area contributed by atoms with Crippen molar-refractivity contribution in [1.82, 2.24) is 0 Å². The zero-order valence-electron chi connectivity index (χ0n) is 3.95. The van der Waals surface area contributed by atoms with Gasteiger partial charge in [0.1, 0.15) is 0 Å². The van der Waals surface area contributed by atoms with Gasteiger partial charge >= 0.3 is 29.6 Å². The topological polar surface area (TPSA) is 40.1 Å². The third kappa shape index (κ3) is 20.2. The van der Waals surface area contributed by atoms with Gasteiger partial charge in [-0.1, -0.05) is 6.58 Å². The van der Waals surface area contributed by atoms with Crippen LogP contribution in [0.5, 0.6) is 0 Å². The summed E-state index contributed by atoms with van der Waals surface area (Å²) in [5.41, 5.74) is 0. The molecule has 0 aromatic heterocycles. The summed E-state index contributed by atoms with van der Waals surface area (Å²) in [6.07, 6.45) is 0.722. The van der Waals surface area contributed by atoms with Gasteiger partial charge in [-0.25, -0.2) is 0 Å². The van der Waals surface area contributed by atoms with Crippen molar-refractivity contribution in [3.8, 4) is 0 Å². The van der Waals surface area contributed by atoms with Gasteiger partial charge in [0, 0.05) is 17.1 Å². The van der Waals surface area contributed by atoms with Gasteiger partial charge < -0.3 is 9.90 Å². The normalized spacial score (nSPS) is 4.57. The van der Waals surface area contributed by atoms with Crippen LogP contribution in [0, 0.1) is 0 Å². The number of hydrogen-bond acceptors (Lipinski definition) is 2. The minimum atomic E-state index is -1.23. The molecule has 4 heteroatoms. The number of carboxylic acids is 1. The zero-order valence-corrected chi connectivity index (χ0v) is 7.06. The van der Waals surface area contributed by atoms with Crippen molar-refractivity contribution in [1.29, 1.82) is 0 Å². The van der Waals surface area contributed by atoms with Crippen LogP contribution in [-0.2, 0) is 21.9 Å². The van der Waals surface area contributed by atoms with Crippen molar-refractivity contribution in [2.45, 2.75) is 0 Å². The van der Waals surface area contributed by atoms with Gasteiger partial charge in [0.05, 0.1) is 5.97 Å². The molecule has 2 nitrogen and oxygen atoms in total. The standard InChI is InChI=1S/C3H4O2.Fe.Na/c1-2-3(4)5;;/h2H,1H2,(H,4,5);;/q;;+1/p-1. The Labute approximate surface area is 74.7 Å². The molecule has 0 aliphatic carbocycles. The van der Waals surface area contributed by atoms with E-state index in [4.69, 9.17) is 9.90 Å². The van der Waals surface area contributed by atoms with E-state index in [2.05, 4.69) is 6.58 Å². The van der Waals surface area contributed by atoms with E-state index in [1.165, 1.54) is 0 Å². The Kier molecular flexibility index (Phi) is 22.1. The van der Waals surface area contributed by atoms with E-state index < -0.39 is 5.97 Å². The van der Waals surface area contributed by atoms with Crippen LogP contribution < -0.4 is 34.7 Å². The van der Waals surface area contributed by atoms with Crippen LogP contribution in [0.25, 0.3) is 0 Å². The Bertz CT molecular complexity index is 64.0. The van der Waals surface area contributed by atoms with Gasteiger partial charge in [-0.3, -0.25) is 0 Å². The molecule has 0 aromatic carbocycles. The van der Waals surface area contributed by atoms with Gasteiger partial charge in [-0.2, -0.15) is 0 Å². The van der Waals surface area contributed by atoms with E-state index in [0.29, 0.717) is 0 Å². The molecule has 0 amide bonds. The molecule has 0 aromatic rings. The molecule has 7 heavy (non-hydrogen) atoms. The molecule has 0 rings (SSSR count). The van der Waals surface area contributed by atoms with E-state index in [9.17, 15) is 0 Å². The fourth-order valence-corrected chi connectivity index (χ4v) is 0. The predicted octanol–water partition coefficient (Wildman–Crippen LogP) is -4.08. The van der Waals surface area contributed by atoms with E-state index in [1.807, 2.05) is 0 Å². The predicted molar refractivity (Wildman–Crippen MR) is 15.2 cm³/mol. The first kappa shape index (κ1) is 15.6. The van der Waals surface area contributed by atoms with Gasteiger partial charge in [-0.05, 0) is 6.08 Å². The molecule has 0 unspecified atom stereocenters. The molecule has 0 saturated carbocycles. The summed E-state index contributed by atoms with van der Waals surface area (Å²) in [6, 6.07) is 0. The Morgan fingerprint density at radius 3 is 1.86 bits per heavy atom. The Hall–Kier alpha value is 0.729. The third-order valence-electron chi connectivity index (χ3n) is 0.167. The molecule has 0 saturated heterocycles. The van der Waals surface area contributed by atoms with Gasteiger partial charge in [0.25, 0.3) is 0 Å². The summed E-state index contributed by atoms with van der Waals surface area (Å²) in [5, 5.41) is 9.14. The number of carboxylic acid groups (broad SMARTS) is 1. The maximum absolute atomic E-state index is 9.14. The molecule has 0 aliphatic rings. The Morgan fingerprint density at radius 1 is 1.71 bits per heavy atom. The van der Waals surface area contributed by atoms with Crippen molar-refractivity contribution >= 4 is 5.97 Å². The molecule has 0 atom stereocenters. The number of carbonyl (C=O) groups excluding carboxylic acids is 1. The smallest absolute Gasteiger partial charge is 0.545 e. The van der Waals surface area contributed by atoms with Crippen LogP contribution in [0.4, 0.5) is 0 Å². The summed E-state index contributed by atoms with van der Waals surface area (Å²) in [7, 11) is 0. The van der Waals surface area contributed by atoms with Gasteiger partial charge in [0.2, 0.25) is 0 Å². The second-order valence-corrected chi connectivity index (χ2v) is 0.523. The minimum Gasteiger partial charge on any atom is -0.545 e. The number of rotatable bonds is 1. The van der Waals surface area contributed by atoms with Crippen molar-refractivity contribution in [2.75, 3.05) is 0 Å².